The van der Waals surface area contributed by atoms with E-state index in [-0.39, 0.29) is 5.41 Å². The van der Waals surface area contributed by atoms with E-state index in [1.807, 2.05) is 36.4 Å². The van der Waals surface area contributed by atoms with Crippen LogP contribution in [0.1, 0.15) is 25.0 Å². The highest BCUT2D eigenvalue weighted by Crippen LogP contribution is 2.52. The van der Waals surface area contributed by atoms with Gasteiger partial charge in [0.05, 0.1) is 16.9 Å². The van der Waals surface area contributed by atoms with Crippen LogP contribution >= 0.6 is 0 Å². The zero-order valence-electron chi connectivity index (χ0n) is 22.0. The van der Waals surface area contributed by atoms with Gasteiger partial charge in [-0.25, -0.2) is 0 Å². The molecule has 1 aromatic heterocycles. The molecule has 0 bridgehead atoms. The normalized spacial score (nSPS) is 13.5. The molecule has 39 heavy (non-hydrogen) atoms. The zero-order chi connectivity index (χ0) is 26.4. The second-order valence-electron chi connectivity index (χ2n) is 10.5. The van der Waals surface area contributed by atoms with Crippen molar-refractivity contribution in [1.29, 1.82) is 0 Å². The number of nitrogens with zero attached hydrogens (tertiary/aromatic N) is 2. The number of hydrogen-bond donors (Lipinski definition) is 0. The maximum absolute atomic E-state index is 5.99. The molecule has 0 amide bonds. The summed E-state index contributed by atoms with van der Waals surface area (Å²) in [6.07, 6.45) is 0. The largest absolute Gasteiger partial charge is 0.355 e. The van der Waals surface area contributed by atoms with Crippen LogP contribution < -0.4 is 4.90 Å². The minimum atomic E-state index is -0.0821. The molecule has 188 valence electrons. The van der Waals surface area contributed by atoms with Gasteiger partial charge < -0.3 is 9.42 Å². The molecule has 0 radical (unpaired) electrons. The Balaban J connectivity index is 1.38. The third-order valence-corrected chi connectivity index (χ3v) is 7.83. The van der Waals surface area contributed by atoms with E-state index in [2.05, 4.69) is 121 Å². The van der Waals surface area contributed by atoms with Gasteiger partial charge in [0.1, 0.15) is 5.69 Å². The standard InChI is InChI=1S/C36H28N2O/c1-36(2)29-17-9-11-19-31(29)38(32-20-12-10-18-30(32)36)28-23-21-25(22-24-28)33-34(26-13-5-3-6-14-26)37-39-35(33)27-15-7-4-8-16-27/h3-24H,1-2H3. The Kier molecular flexibility index (Phi) is 5.45. The van der Waals surface area contributed by atoms with Crippen molar-refractivity contribution in [3.8, 4) is 33.7 Å². The number of rotatable bonds is 4. The number of fused-ring (bicyclic) bond motifs is 2. The Labute approximate surface area is 229 Å². The van der Waals surface area contributed by atoms with Gasteiger partial charge in [-0.05, 0) is 41.0 Å². The predicted octanol–water partition coefficient (Wildman–Crippen LogP) is 9.78. The fourth-order valence-corrected chi connectivity index (χ4v) is 5.86. The number of hydrogen-bond acceptors (Lipinski definition) is 3. The molecule has 0 N–H and O–H groups in total. The average molecular weight is 505 g/mol. The second kappa shape index (κ2) is 9.14. The van der Waals surface area contributed by atoms with E-state index in [1.54, 1.807) is 0 Å². The van der Waals surface area contributed by atoms with Gasteiger partial charge in [-0.15, -0.1) is 0 Å². The Morgan fingerprint density at radius 1 is 0.538 bits per heavy atom. The summed E-state index contributed by atoms with van der Waals surface area (Å²) in [6.45, 7) is 4.63. The number of benzene rings is 5. The molecule has 0 aliphatic carbocycles. The molecule has 0 saturated carbocycles. The smallest absolute Gasteiger partial charge is 0.175 e. The van der Waals surface area contributed by atoms with Crippen molar-refractivity contribution in [2.45, 2.75) is 19.3 Å². The summed E-state index contributed by atoms with van der Waals surface area (Å²) in [5.41, 5.74) is 11.1. The summed E-state index contributed by atoms with van der Waals surface area (Å²) in [5, 5.41) is 4.54. The molecule has 3 heteroatoms. The van der Waals surface area contributed by atoms with Crippen LogP contribution in [0.5, 0.6) is 0 Å². The Morgan fingerprint density at radius 3 is 1.64 bits per heavy atom. The van der Waals surface area contributed by atoms with Crippen LogP contribution in [-0.4, -0.2) is 5.16 Å². The van der Waals surface area contributed by atoms with Gasteiger partial charge in [0, 0.05) is 22.2 Å². The minimum absolute atomic E-state index is 0.0821. The van der Waals surface area contributed by atoms with Gasteiger partial charge in [-0.3, -0.25) is 0 Å². The molecule has 1 aliphatic heterocycles. The molecule has 0 unspecified atom stereocenters. The first kappa shape index (κ1) is 23.2. The third-order valence-electron chi connectivity index (χ3n) is 7.83. The van der Waals surface area contributed by atoms with Crippen LogP contribution in [0.4, 0.5) is 17.1 Å². The maximum atomic E-state index is 5.99. The van der Waals surface area contributed by atoms with E-state index in [0.717, 1.165) is 39.4 Å². The molecule has 0 spiro atoms. The molecule has 0 atom stereocenters. The summed E-state index contributed by atoms with van der Waals surface area (Å²) >= 11 is 0. The average Bonchev–Trinajstić information content (AvgIpc) is 3.44. The predicted molar refractivity (Wildman–Crippen MR) is 160 cm³/mol. The molecular formula is C36H28N2O. The van der Waals surface area contributed by atoms with Gasteiger partial charge in [0.25, 0.3) is 0 Å². The van der Waals surface area contributed by atoms with Crippen LogP contribution in [0, 0.1) is 0 Å². The lowest BCUT2D eigenvalue weighted by Gasteiger charge is -2.42. The summed E-state index contributed by atoms with van der Waals surface area (Å²) in [5.74, 6) is 0.776. The molecule has 3 nitrogen and oxygen atoms in total. The summed E-state index contributed by atoms with van der Waals surface area (Å²) in [7, 11) is 0. The molecule has 6 aromatic rings. The van der Waals surface area contributed by atoms with E-state index in [0.29, 0.717) is 0 Å². The van der Waals surface area contributed by atoms with Gasteiger partial charge in [-0.1, -0.05) is 128 Å². The molecule has 5 aromatic carbocycles. The van der Waals surface area contributed by atoms with Crippen LogP contribution in [-0.2, 0) is 5.41 Å². The van der Waals surface area contributed by atoms with Crippen molar-refractivity contribution in [3.05, 3.63) is 145 Å². The van der Waals surface area contributed by atoms with Crippen LogP contribution in [0.25, 0.3) is 33.7 Å². The van der Waals surface area contributed by atoms with Crippen molar-refractivity contribution >= 4 is 17.1 Å². The fraction of sp³-hybridized carbons (Fsp3) is 0.0833. The minimum Gasteiger partial charge on any atom is -0.355 e. The summed E-state index contributed by atoms with van der Waals surface area (Å²) < 4.78 is 5.99. The Bertz CT molecular complexity index is 1660. The highest BCUT2D eigenvalue weighted by Gasteiger charge is 2.36. The topological polar surface area (TPSA) is 29.3 Å². The van der Waals surface area contributed by atoms with Crippen molar-refractivity contribution < 1.29 is 4.52 Å². The van der Waals surface area contributed by atoms with E-state index >= 15 is 0 Å². The lowest BCUT2D eigenvalue weighted by molar-refractivity contribution is 0.435. The number of para-hydroxylation sites is 2. The third kappa shape index (κ3) is 3.78. The quantitative estimate of drug-likeness (QED) is 0.239. The number of anilines is 3. The number of aromatic nitrogens is 1. The zero-order valence-corrected chi connectivity index (χ0v) is 22.0. The lowest BCUT2D eigenvalue weighted by Crippen LogP contribution is -2.30. The van der Waals surface area contributed by atoms with Crippen molar-refractivity contribution in [3.63, 3.8) is 0 Å². The first-order chi connectivity index (χ1) is 19.1. The molecule has 0 saturated heterocycles. The van der Waals surface area contributed by atoms with E-state index < -0.39 is 0 Å². The summed E-state index contributed by atoms with van der Waals surface area (Å²) in [4.78, 5) is 2.38. The molecule has 1 aliphatic rings. The van der Waals surface area contributed by atoms with E-state index in [9.17, 15) is 0 Å². The van der Waals surface area contributed by atoms with E-state index in [4.69, 9.17) is 4.52 Å². The van der Waals surface area contributed by atoms with Gasteiger partial charge in [0.15, 0.2) is 5.76 Å². The lowest BCUT2D eigenvalue weighted by atomic mass is 9.73. The second-order valence-corrected chi connectivity index (χ2v) is 10.5. The molecular weight excluding hydrogens is 476 g/mol. The monoisotopic (exact) mass is 504 g/mol. The van der Waals surface area contributed by atoms with Crippen molar-refractivity contribution in [2.24, 2.45) is 0 Å². The van der Waals surface area contributed by atoms with Crippen LogP contribution in [0.15, 0.2) is 138 Å². The maximum Gasteiger partial charge on any atom is 0.175 e. The molecule has 7 rings (SSSR count). The van der Waals surface area contributed by atoms with Gasteiger partial charge in [-0.2, -0.15) is 0 Å². The highest BCUT2D eigenvalue weighted by atomic mass is 16.5. The van der Waals surface area contributed by atoms with Crippen molar-refractivity contribution in [2.75, 3.05) is 4.90 Å². The van der Waals surface area contributed by atoms with Gasteiger partial charge >= 0.3 is 0 Å². The van der Waals surface area contributed by atoms with Crippen LogP contribution in [0.3, 0.4) is 0 Å². The molecule has 2 heterocycles. The van der Waals surface area contributed by atoms with Gasteiger partial charge in [0.2, 0.25) is 0 Å². The van der Waals surface area contributed by atoms with Crippen molar-refractivity contribution in [1.82, 2.24) is 5.16 Å². The highest BCUT2D eigenvalue weighted by molar-refractivity contribution is 5.92. The first-order valence-electron chi connectivity index (χ1n) is 13.3. The fourth-order valence-electron chi connectivity index (χ4n) is 5.86. The molecule has 0 fully saturated rings. The first-order valence-corrected chi connectivity index (χ1v) is 13.3. The SMILES string of the molecule is CC1(C)c2ccccc2N(c2ccc(-c3c(-c4ccccc4)noc3-c3ccccc3)cc2)c2ccccc21. The Hall–Kier alpha value is -4.89. The Morgan fingerprint density at radius 2 is 1.05 bits per heavy atom. The van der Waals surface area contributed by atoms with E-state index in [1.165, 1.54) is 22.5 Å². The summed E-state index contributed by atoms with van der Waals surface area (Å²) in [6, 6.07) is 46.7. The van der Waals surface area contributed by atoms with Crippen LogP contribution in [0.2, 0.25) is 0 Å².